The van der Waals surface area contributed by atoms with Gasteiger partial charge in [0, 0.05) is 11.6 Å². The molecule has 0 bridgehead atoms. The summed E-state index contributed by atoms with van der Waals surface area (Å²) in [5.74, 6) is 0.550. The van der Waals surface area contributed by atoms with Gasteiger partial charge in [0.1, 0.15) is 6.07 Å². The zero-order valence-corrected chi connectivity index (χ0v) is 18.8. The summed E-state index contributed by atoms with van der Waals surface area (Å²) in [6.45, 7) is 4.25. The number of nitriles is 1. The number of aliphatic hydroxyl groups is 1. The van der Waals surface area contributed by atoms with Gasteiger partial charge in [0.2, 0.25) is 5.95 Å². The van der Waals surface area contributed by atoms with Crippen molar-refractivity contribution >= 4 is 17.5 Å². The summed E-state index contributed by atoms with van der Waals surface area (Å²) in [5.41, 5.74) is 0.174. The highest BCUT2D eigenvalue weighted by Crippen LogP contribution is 2.40. The number of hydrogen-bond donors (Lipinski definition) is 2. The number of aliphatic hydroxyl groups excluding tert-OH is 1. The molecule has 0 amide bonds. The van der Waals surface area contributed by atoms with Crippen LogP contribution in [0.5, 0.6) is 0 Å². The number of benzene rings is 1. The molecule has 1 heterocycles. The molecule has 0 unspecified atom stereocenters. The van der Waals surface area contributed by atoms with Gasteiger partial charge in [-0.15, -0.1) is 0 Å². The molecule has 1 aliphatic rings. The lowest BCUT2D eigenvalue weighted by Gasteiger charge is -2.39. The first-order valence-electron chi connectivity index (χ1n) is 10.5. The Bertz CT molecular complexity index is 1000. The molecular formula is C23H26ClF3N4O. The normalized spacial score (nSPS) is 20.6. The van der Waals surface area contributed by atoms with Crippen LogP contribution in [0, 0.1) is 22.7 Å². The summed E-state index contributed by atoms with van der Waals surface area (Å²) in [6.07, 6.45) is -0.321. The van der Waals surface area contributed by atoms with Crippen molar-refractivity contribution in [2.45, 2.75) is 58.2 Å². The largest absolute Gasteiger partial charge is 0.416 e. The summed E-state index contributed by atoms with van der Waals surface area (Å²) in [5, 5.41) is 22.8. The first kappa shape index (κ1) is 24.3. The predicted octanol–water partition coefficient (Wildman–Crippen LogP) is 5.40. The van der Waals surface area contributed by atoms with E-state index in [1.807, 2.05) is 13.8 Å². The van der Waals surface area contributed by atoms with Crippen molar-refractivity contribution in [2.24, 2.45) is 11.3 Å². The minimum absolute atomic E-state index is 0.0861. The van der Waals surface area contributed by atoms with E-state index in [-0.39, 0.29) is 46.9 Å². The topological polar surface area (TPSA) is 81.8 Å². The number of nitrogens with one attached hydrogen (secondary N) is 1. The Kier molecular flexibility index (Phi) is 7.31. The van der Waals surface area contributed by atoms with Crippen LogP contribution in [-0.4, -0.2) is 27.7 Å². The highest BCUT2D eigenvalue weighted by Gasteiger charge is 2.36. The fraction of sp³-hybridized carbons (Fsp3) is 0.522. The van der Waals surface area contributed by atoms with Crippen LogP contribution in [0.4, 0.5) is 19.1 Å². The zero-order valence-electron chi connectivity index (χ0n) is 18.0. The van der Waals surface area contributed by atoms with Crippen molar-refractivity contribution < 1.29 is 18.3 Å². The maximum absolute atomic E-state index is 13.2. The van der Waals surface area contributed by atoms with Gasteiger partial charge >= 0.3 is 6.18 Å². The Balaban J connectivity index is 1.69. The van der Waals surface area contributed by atoms with E-state index < -0.39 is 11.7 Å². The number of rotatable bonds is 6. The molecule has 0 radical (unpaired) electrons. The fourth-order valence-electron chi connectivity index (χ4n) is 4.32. The summed E-state index contributed by atoms with van der Waals surface area (Å²) in [6, 6.07) is 5.64. The second kappa shape index (κ2) is 9.63. The van der Waals surface area contributed by atoms with Gasteiger partial charge in [-0.05, 0) is 67.2 Å². The highest BCUT2D eigenvalue weighted by molar-refractivity contribution is 6.30. The van der Waals surface area contributed by atoms with Gasteiger partial charge in [0.05, 0.1) is 29.1 Å². The molecule has 0 spiro atoms. The fourth-order valence-corrected chi connectivity index (χ4v) is 4.51. The molecule has 2 atom stereocenters. The van der Waals surface area contributed by atoms with E-state index in [2.05, 4.69) is 21.4 Å². The van der Waals surface area contributed by atoms with E-state index in [9.17, 15) is 23.5 Å². The lowest BCUT2D eigenvalue weighted by molar-refractivity contribution is -0.138. The summed E-state index contributed by atoms with van der Waals surface area (Å²) < 4.78 is 39.7. The average molecular weight is 467 g/mol. The lowest BCUT2D eigenvalue weighted by atomic mass is 9.69. The monoisotopic (exact) mass is 466 g/mol. The van der Waals surface area contributed by atoms with E-state index in [4.69, 9.17) is 11.6 Å². The number of halogens is 4. The van der Waals surface area contributed by atoms with Crippen molar-refractivity contribution in [3.05, 3.63) is 51.8 Å². The second-order valence-corrected chi connectivity index (χ2v) is 9.43. The summed E-state index contributed by atoms with van der Waals surface area (Å²) >= 11 is 5.88. The first-order chi connectivity index (χ1) is 15.0. The van der Waals surface area contributed by atoms with Crippen LogP contribution in [0.2, 0.25) is 5.02 Å². The van der Waals surface area contributed by atoms with Crippen molar-refractivity contribution in [1.82, 2.24) is 9.97 Å². The first-order valence-corrected chi connectivity index (χ1v) is 10.9. The van der Waals surface area contributed by atoms with Crippen LogP contribution in [0.1, 0.15) is 55.5 Å². The van der Waals surface area contributed by atoms with Gasteiger partial charge in [0.15, 0.2) is 0 Å². The molecule has 0 aliphatic heterocycles. The molecule has 172 valence electrons. The number of nitrogens with zero attached hydrogens (tertiary/aromatic N) is 3. The van der Waals surface area contributed by atoms with Crippen molar-refractivity contribution in [2.75, 3.05) is 11.9 Å². The Morgan fingerprint density at radius 2 is 2.06 bits per heavy atom. The molecule has 1 aliphatic carbocycles. The van der Waals surface area contributed by atoms with E-state index in [0.29, 0.717) is 24.1 Å². The molecule has 1 aromatic carbocycles. The number of anilines is 1. The maximum atomic E-state index is 13.2. The quantitative estimate of drug-likeness (QED) is 0.595. The van der Waals surface area contributed by atoms with Crippen LogP contribution in [0.3, 0.4) is 0 Å². The second-order valence-electron chi connectivity index (χ2n) is 9.00. The van der Waals surface area contributed by atoms with Gasteiger partial charge in [-0.3, -0.25) is 0 Å². The Hall–Kier alpha value is -2.37. The minimum Gasteiger partial charge on any atom is -0.393 e. The van der Waals surface area contributed by atoms with Gasteiger partial charge < -0.3 is 10.4 Å². The van der Waals surface area contributed by atoms with Crippen molar-refractivity contribution in [1.29, 1.82) is 5.26 Å². The van der Waals surface area contributed by atoms with Crippen LogP contribution in [0.25, 0.3) is 0 Å². The third-order valence-corrected chi connectivity index (χ3v) is 6.32. The van der Waals surface area contributed by atoms with Gasteiger partial charge in [-0.2, -0.15) is 18.4 Å². The SMILES string of the molecule is CC1(C)C[C@H](Cc2nc(NCCc3cc(Cl)ccc3C(F)(F)F)ncc2C#N)CC[C@@H]1O. The van der Waals surface area contributed by atoms with E-state index >= 15 is 0 Å². The number of alkyl halides is 3. The lowest BCUT2D eigenvalue weighted by Crippen LogP contribution is -2.37. The number of hydrogen-bond acceptors (Lipinski definition) is 5. The Morgan fingerprint density at radius 3 is 2.72 bits per heavy atom. The Morgan fingerprint density at radius 1 is 1.31 bits per heavy atom. The molecule has 1 aromatic heterocycles. The van der Waals surface area contributed by atoms with E-state index in [1.54, 1.807) is 0 Å². The molecule has 1 fully saturated rings. The van der Waals surface area contributed by atoms with Gasteiger partial charge in [0.25, 0.3) is 0 Å². The zero-order chi connectivity index (χ0) is 23.5. The Labute approximate surface area is 190 Å². The molecule has 2 N–H and O–H groups in total. The predicted molar refractivity (Wildman–Crippen MR) is 116 cm³/mol. The highest BCUT2D eigenvalue weighted by atomic mass is 35.5. The van der Waals surface area contributed by atoms with Crippen LogP contribution < -0.4 is 5.32 Å². The molecule has 0 saturated heterocycles. The third-order valence-electron chi connectivity index (χ3n) is 6.09. The molecule has 32 heavy (non-hydrogen) atoms. The number of aromatic nitrogens is 2. The van der Waals surface area contributed by atoms with E-state index in [1.165, 1.54) is 18.3 Å². The summed E-state index contributed by atoms with van der Waals surface area (Å²) in [4.78, 5) is 8.60. The van der Waals surface area contributed by atoms with Crippen LogP contribution in [-0.2, 0) is 19.0 Å². The minimum atomic E-state index is -4.46. The molecule has 2 aromatic rings. The van der Waals surface area contributed by atoms with Gasteiger partial charge in [-0.25, -0.2) is 9.97 Å². The van der Waals surface area contributed by atoms with E-state index in [0.717, 1.165) is 18.9 Å². The van der Waals surface area contributed by atoms with Crippen LogP contribution >= 0.6 is 11.6 Å². The standard InChI is InChI=1S/C23H26ClF3N4O/c1-22(2)11-14(3-6-20(22)32)9-19-16(12-28)13-30-21(31-19)29-8-7-15-10-17(24)4-5-18(15)23(25,26)27/h4-5,10,13-14,20,32H,3,6-9,11H2,1-2H3,(H,29,30,31)/t14-,20-/m0/s1. The molecule has 9 heteroatoms. The van der Waals surface area contributed by atoms with Gasteiger partial charge in [-0.1, -0.05) is 25.4 Å². The maximum Gasteiger partial charge on any atom is 0.416 e. The van der Waals surface area contributed by atoms with Crippen molar-refractivity contribution in [3.63, 3.8) is 0 Å². The van der Waals surface area contributed by atoms with Crippen LogP contribution in [0.15, 0.2) is 24.4 Å². The average Bonchev–Trinajstić information content (AvgIpc) is 2.70. The third kappa shape index (κ3) is 5.90. The molecular weight excluding hydrogens is 441 g/mol. The van der Waals surface area contributed by atoms with Crippen molar-refractivity contribution in [3.8, 4) is 6.07 Å². The molecule has 3 rings (SSSR count). The molecule has 5 nitrogen and oxygen atoms in total. The smallest absolute Gasteiger partial charge is 0.393 e. The molecule has 1 saturated carbocycles. The summed E-state index contributed by atoms with van der Waals surface area (Å²) in [7, 11) is 0.